The van der Waals surface area contributed by atoms with Gasteiger partial charge in [0.25, 0.3) is 0 Å². The van der Waals surface area contributed by atoms with Crippen LogP contribution in [-0.4, -0.2) is 47.8 Å². The second-order valence-electron chi connectivity index (χ2n) is 5.22. The van der Waals surface area contributed by atoms with E-state index < -0.39 is 10.0 Å². The zero-order valence-corrected chi connectivity index (χ0v) is 14.4. The minimum atomic E-state index is -3.15. The zero-order chi connectivity index (χ0) is 15.6. The van der Waals surface area contributed by atoms with Crippen molar-refractivity contribution in [3.05, 3.63) is 16.4 Å². The molecule has 1 saturated heterocycles. The summed E-state index contributed by atoms with van der Waals surface area (Å²) in [5, 5.41) is 6.98. The van der Waals surface area contributed by atoms with Crippen LogP contribution >= 0.6 is 15.9 Å². The third-order valence-corrected chi connectivity index (χ3v) is 5.70. The number of hydrogen-bond acceptors (Lipinski definition) is 4. The van der Waals surface area contributed by atoms with Gasteiger partial charge in [-0.25, -0.2) is 12.7 Å². The van der Waals surface area contributed by atoms with Crippen LogP contribution in [0, 0.1) is 5.92 Å². The van der Waals surface area contributed by atoms with Gasteiger partial charge >= 0.3 is 0 Å². The van der Waals surface area contributed by atoms with Gasteiger partial charge in [0.15, 0.2) is 0 Å². The topological polar surface area (TPSA) is 84.3 Å². The third-order valence-electron chi connectivity index (χ3n) is 3.73. The number of piperidine rings is 1. The van der Waals surface area contributed by atoms with Gasteiger partial charge in [0, 0.05) is 26.1 Å². The molecule has 0 unspecified atom stereocenters. The molecule has 1 amide bonds. The molecule has 1 N–H and O–H groups in total. The minimum absolute atomic E-state index is 0.0312. The molecule has 0 atom stereocenters. The molecule has 21 heavy (non-hydrogen) atoms. The Kier molecular flexibility index (Phi) is 5.05. The summed E-state index contributed by atoms with van der Waals surface area (Å²) in [5.74, 6) is -0.161. The quantitative estimate of drug-likeness (QED) is 0.825. The van der Waals surface area contributed by atoms with E-state index in [9.17, 15) is 13.2 Å². The summed E-state index contributed by atoms with van der Waals surface area (Å²) < 4.78 is 26.8. The van der Waals surface area contributed by atoms with E-state index in [1.807, 2.05) is 7.05 Å². The van der Waals surface area contributed by atoms with Crippen molar-refractivity contribution in [1.82, 2.24) is 19.4 Å². The van der Waals surface area contributed by atoms with Crippen molar-refractivity contribution in [2.45, 2.75) is 19.4 Å². The molecule has 1 aromatic heterocycles. The van der Waals surface area contributed by atoms with Crippen LogP contribution < -0.4 is 5.32 Å². The fourth-order valence-electron chi connectivity index (χ4n) is 2.40. The zero-order valence-electron chi connectivity index (χ0n) is 12.0. The third kappa shape index (κ3) is 4.04. The SMILES string of the molecule is Cn1ncc(Br)c1CNC(=O)C1CCN(S(C)(=O)=O)CC1. The van der Waals surface area contributed by atoms with Crippen LogP contribution in [-0.2, 0) is 28.4 Å². The van der Waals surface area contributed by atoms with E-state index in [0.29, 0.717) is 32.5 Å². The Morgan fingerprint density at radius 3 is 2.57 bits per heavy atom. The highest BCUT2D eigenvalue weighted by Crippen LogP contribution is 2.20. The minimum Gasteiger partial charge on any atom is -0.350 e. The number of halogens is 1. The predicted octanol–water partition coefficient (Wildman–Crippen LogP) is 0.470. The van der Waals surface area contributed by atoms with Crippen molar-refractivity contribution in [3.8, 4) is 0 Å². The number of aromatic nitrogens is 2. The smallest absolute Gasteiger partial charge is 0.223 e. The molecular formula is C12H19BrN4O3S. The Hall–Kier alpha value is -0.930. The first kappa shape index (κ1) is 16.4. The molecule has 9 heteroatoms. The highest BCUT2D eigenvalue weighted by atomic mass is 79.9. The molecule has 7 nitrogen and oxygen atoms in total. The van der Waals surface area contributed by atoms with Gasteiger partial charge in [0.05, 0.1) is 29.2 Å². The van der Waals surface area contributed by atoms with E-state index >= 15 is 0 Å². The molecule has 0 aromatic carbocycles. The van der Waals surface area contributed by atoms with Gasteiger partial charge in [0.1, 0.15) is 0 Å². The van der Waals surface area contributed by atoms with Gasteiger partial charge in [-0.3, -0.25) is 9.48 Å². The van der Waals surface area contributed by atoms with E-state index in [0.717, 1.165) is 10.2 Å². The van der Waals surface area contributed by atoms with E-state index in [1.165, 1.54) is 10.6 Å². The first-order valence-corrected chi connectivity index (χ1v) is 9.32. The first-order valence-electron chi connectivity index (χ1n) is 6.68. The van der Waals surface area contributed by atoms with Crippen LogP contribution in [0.2, 0.25) is 0 Å². The van der Waals surface area contributed by atoms with Gasteiger partial charge in [0.2, 0.25) is 15.9 Å². The fraction of sp³-hybridized carbons (Fsp3) is 0.667. The maximum atomic E-state index is 12.1. The summed E-state index contributed by atoms with van der Waals surface area (Å²) in [6.45, 7) is 1.22. The average molecular weight is 379 g/mol. The maximum absolute atomic E-state index is 12.1. The monoisotopic (exact) mass is 378 g/mol. The predicted molar refractivity (Wildman–Crippen MR) is 81.9 cm³/mol. The summed E-state index contributed by atoms with van der Waals surface area (Å²) in [6.07, 6.45) is 4.01. The summed E-state index contributed by atoms with van der Waals surface area (Å²) in [4.78, 5) is 12.1. The molecule has 118 valence electrons. The normalized spacial score (nSPS) is 17.9. The molecule has 1 aromatic rings. The summed E-state index contributed by atoms with van der Waals surface area (Å²) in [5.41, 5.74) is 0.900. The molecule has 2 heterocycles. The molecule has 1 aliphatic rings. The van der Waals surface area contributed by atoms with Gasteiger partial charge in [-0.15, -0.1) is 0 Å². The van der Waals surface area contributed by atoms with Crippen LogP contribution in [0.15, 0.2) is 10.7 Å². The Labute approximate surface area is 132 Å². The van der Waals surface area contributed by atoms with E-state index in [-0.39, 0.29) is 11.8 Å². The standard InChI is InChI=1S/C12H19BrN4O3S/c1-16-11(10(13)7-15-16)8-14-12(18)9-3-5-17(6-4-9)21(2,19)20/h7,9H,3-6,8H2,1-2H3,(H,14,18). The highest BCUT2D eigenvalue weighted by molar-refractivity contribution is 9.10. The van der Waals surface area contributed by atoms with Gasteiger partial charge in [-0.05, 0) is 28.8 Å². The number of nitrogens with one attached hydrogen (secondary N) is 1. The first-order chi connectivity index (χ1) is 9.79. The van der Waals surface area contributed by atoms with Gasteiger partial charge in [-0.2, -0.15) is 5.10 Å². The molecule has 2 rings (SSSR count). The van der Waals surface area contributed by atoms with Crippen molar-refractivity contribution in [3.63, 3.8) is 0 Å². The van der Waals surface area contributed by atoms with E-state index in [2.05, 4.69) is 26.3 Å². The number of nitrogens with zero attached hydrogens (tertiary/aromatic N) is 3. The van der Waals surface area contributed by atoms with Crippen LogP contribution in [0.3, 0.4) is 0 Å². The van der Waals surface area contributed by atoms with E-state index in [1.54, 1.807) is 10.9 Å². The van der Waals surface area contributed by atoms with E-state index in [4.69, 9.17) is 0 Å². The number of sulfonamides is 1. The van der Waals surface area contributed by atoms with Crippen LogP contribution in [0.5, 0.6) is 0 Å². The fourth-order valence-corrected chi connectivity index (χ4v) is 3.76. The van der Waals surface area contributed by atoms with Crippen molar-refractivity contribution in [2.24, 2.45) is 13.0 Å². The van der Waals surface area contributed by atoms with Crippen LogP contribution in [0.1, 0.15) is 18.5 Å². The highest BCUT2D eigenvalue weighted by Gasteiger charge is 2.28. The molecule has 0 spiro atoms. The Morgan fingerprint density at radius 1 is 1.48 bits per heavy atom. The lowest BCUT2D eigenvalue weighted by atomic mass is 9.97. The Balaban J connectivity index is 1.86. The van der Waals surface area contributed by atoms with Crippen LogP contribution in [0.25, 0.3) is 0 Å². The van der Waals surface area contributed by atoms with Crippen LogP contribution in [0.4, 0.5) is 0 Å². The number of carbonyl (C=O) groups excluding carboxylic acids is 1. The lowest BCUT2D eigenvalue weighted by Gasteiger charge is -2.29. The molecule has 1 aliphatic heterocycles. The molecule has 0 aliphatic carbocycles. The maximum Gasteiger partial charge on any atom is 0.223 e. The molecular weight excluding hydrogens is 360 g/mol. The van der Waals surface area contributed by atoms with Crippen molar-refractivity contribution in [1.29, 1.82) is 0 Å². The van der Waals surface area contributed by atoms with Gasteiger partial charge < -0.3 is 5.32 Å². The lowest BCUT2D eigenvalue weighted by molar-refractivity contribution is -0.126. The van der Waals surface area contributed by atoms with Crippen molar-refractivity contribution in [2.75, 3.05) is 19.3 Å². The summed E-state index contributed by atoms with van der Waals surface area (Å²) in [6, 6.07) is 0. The van der Waals surface area contributed by atoms with Crippen molar-refractivity contribution < 1.29 is 13.2 Å². The largest absolute Gasteiger partial charge is 0.350 e. The number of hydrogen-bond donors (Lipinski definition) is 1. The second kappa shape index (κ2) is 6.45. The molecule has 1 fully saturated rings. The van der Waals surface area contributed by atoms with Gasteiger partial charge in [-0.1, -0.05) is 0 Å². The number of amides is 1. The average Bonchev–Trinajstić information content (AvgIpc) is 2.75. The Morgan fingerprint density at radius 2 is 2.10 bits per heavy atom. The lowest BCUT2D eigenvalue weighted by Crippen LogP contribution is -2.42. The van der Waals surface area contributed by atoms with Crippen molar-refractivity contribution >= 4 is 31.9 Å². The molecule has 0 saturated carbocycles. The number of carbonyl (C=O) groups is 1. The molecule has 0 bridgehead atoms. The number of aryl methyl sites for hydroxylation is 1. The number of rotatable bonds is 4. The second-order valence-corrected chi connectivity index (χ2v) is 8.05. The molecule has 0 radical (unpaired) electrons. The summed E-state index contributed by atoms with van der Waals surface area (Å²) >= 11 is 3.38. The Bertz CT molecular complexity index is 601. The summed E-state index contributed by atoms with van der Waals surface area (Å²) in [7, 11) is -1.33.